The summed E-state index contributed by atoms with van der Waals surface area (Å²) in [6.07, 6.45) is -4.72. The zero-order valence-corrected chi connectivity index (χ0v) is 11.3. The molecule has 104 valence electrons. The van der Waals surface area contributed by atoms with Gasteiger partial charge in [-0.25, -0.2) is 9.78 Å². The number of pyridine rings is 1. The molecule has 19 heavy (non-hydrogen) atoms. The minimum absolute atomic E-state index is 0.280. The monoisotopic (exact) mass is 340 g/mol. The van der Waals surface area contributed by atoms with E-state index in [1.807, 2.05) is 0 Å². The molecule has 5 nitrogen and oxygen atoms in total. The van der Waals surface area contributed by atoms with Gasteiger partial charge in [0.25, 0.3) is 0 Å². The summed E-state index contributed by atoms with van der Waals surface area (Å²) >= 11 is 2.68. The second-order valence-electron chi connectivity index (χ2n) is 3.39. The molecule has 0 aliphatic carbocycles. The number of nitrogens with zero attached hydrogens (tertiary/aromatic N) is 1. The van der Waals surface area contributed by atoms with Crippen LogP contribution >= 0.6 is 15.9 Å². The molecule has 9 heteroatoms. The van der Waals surface area contributed by atoms with Crippen LogP contribution in [0.25, 0.3) is 0 Å². The molecule has 0 aliphatic heterocycles. The summed E-state index contributed by atoms with van der Waals surface area (Å²) in [5.41, 5.74) is -1.53. The Morgan fingerprint density at radius 1 is 1.42 bits per heavy atom. The van der Waals surface area contributed by atoms with Gasteiger partial charge >= 0.3 is 12.1 Å². The lowest BCUT2D eigenvalue weighted by molar-refractivity contribution is -0.141. The molecule has 0 radical (unpaired) electrons. The number of alkyl halides is 3. The Morgan fingerprint density at radius 3 is 2.42 bits per heavy atom. The van der Waals surface area contributed by atoms with Gasteiger partial charge in [0.1, 0.15) is 11.4 Å². The second kappa shape index (κ2) is 5.55. The summed E-state index contributed by atoms with van der Waals surface area (Å²) in [5.74, 6) is -2.08. The Bertz CT molecular complexity index is 531. The smallest absolute Gasteiger partial charge is 0.434 e. The van der Waals surface area contributed by atoms with E-state index in [0.717, 1.165) is 20.1 Å². The maximum Gasteiger partial charge on any atom is 0.434 e. The maximum absolute atomic E-state index is 12.7. The van der Waals surface area contributed by atoms with Crippen molar-refractivity contribution in [2.75, 3.05) is 12.4 Å². The van der Waals surface area contributed by atoms with Gasteiger partial charge in [-0.05, 0) is 22.0 Å². The Labute approximate surface area is 114 Å². The molecular weight excluding hydrogens is 333 g/mol. The van der Waals surface area contributed by atoms with Gasteiger partial charge in [-0.2, -0.15) is 13.2 Å². The van der Waals surface area contributed by atoms with Crippen molar-refractivity contribution in [2.45, 2.75) is 13.1 Å². The summed E-state index contributed by atoms with van der Waals surface area (Å²) in [7, 11) is 1.06. The van der Waals surface area contributed by atoms with E-state index in [1.54, 1.807) is 0 Å². The summed E-state index contributed by atoms with van der Waals surface area (Å²) in [4.78, 5) is 25.6. The number of halogens is 4. The molecule has 0 aliphatic rings. The molecule has 0 atom stereocenters. The van der Waals surface area contributed by atoms with Gasteiger partial charge < -0.3 is 10.1 Å². The molecular formula is C10H8BrF3N2O3. The third-order valence-electron chi connectivity index (χ3n) is 1.94. The van der Waals surface area contributed by atoms with Gasteiger partial charge in [0, 0.05) is 11.4 Å². The third-order valence-corrected chi connectivity index (χ3v) is 2.55. The predicted molar refractivity (Wildman–Crippen MR) is 62.6 cm³/mol. The largest absolute Gasteiger partial charge is 0.465 e. The number of carbonyl (C=O) groups excluding carboxylic acids is 2. The number of hydrogen-bond donors (Lipinski definition) is 1. The molecule has 0 spiro atoms. The van der Waals surface area contributed by atoms with Crippen LogP contribution in [0.2, 0.25) is 0 Å². The van der Waals surface area contributed by atoms with Gasteiger partial charge in [-0.1, -0.05) is 0 Å². The highest BCUT2D eigenvalue weighted by Crippen LogP contribution is 2.35. The van der Waals surface area contributed by atoms with Crippen LogP contribution in [0.3, 0.4) is 0 Å². The average molecular weight is 341 g/mol. The molecule has 1 amide bonds. The number of carbonyl (C=O) groups is 2. The minimum atomic E-state index is -4.72. The van der Waals surface area contributed by atoms with Gasteiger partial charge in [0.15, 0.2) is 5.69 Å². The molecule has 0 unspecified atom stereocenters. The van der Waals surface area contributed by atoms with E-state index in [4.69, 9.17) is 0 Å². The molecule has 1 aromatic heterocycles. The van der Waals surface area contributed by atoms with Crippen molar-refractivity contribution in [1.82, 2.24) is 4.98 Å². The summed E-state index contributed by atoms with van der Waals surface area (Å²) < 4.78 is 42.0. The lowest BCUT2D eigenvalue weighted by atomic mass is 10.2. The fourth-order valence-electron chi connectivity index (χ4n) is 1.22. The number of ether oxygens (including phenoxy) is 1. The van der Waals surface area contributed by atoms with Crippen molar-refractivity contribution >= 4 is 33.6 Å². The van der Waals surface area contributed by atoms with Crippen LogP contribution in [0.5, 0.6) is 0 Å². The lowest BCUT2D eigenvalue weighted by Crippen LogP contribution is -2.18. The molecule has 1 rings (SSSR count). The summed E-state index contributed by atoms with van der Waals surface area (Å²) in [6, 6.07) is 0.896. The Kier molecular flexibility index (Phi) is 4.51. The highest BCUT2D eigenvalue weighted by atomic mass is 79.9. The first-order valence-electron chi connectivity index (χ1n) is 4.80. The third kappa shape index (κ3) is 3.66. The topological polar surface area (TPSA) is 68.3 Å². The lowest BCUT2D eigenvalue weighted by Gasteiger charge is -2.13. The Morgan fingerprint density at radius 2 is 2.00 bits per heavy atom. The van der Waals surface area contributed by atoms with Crippen LogP contribution in [-0.2, 0) is 15.7 Å². The quantitative estimate of drug-likeness (QED) is 0.840. The van der Waals surface area contributed by atoms with E-state index in [0.29, 0.717) is 0 Å². The highest BCUT2D eigenvalue weighted by Gasteiger charge is 2.36. The van der Waals surface area contributed by atoms with Crippen molar-refractivity contribution in [3.05, 3.63) is 21.8 Å². The standard InChI is InChI=1S/C10H8BrF3N2O3/c1-4(17)15-8-5(9(18)19-2)3-6(11)7(16-8)10(12,13)14/h3H,1-2H3,(H,15,16,17). The zero-order chi connectivity index (χ0) is 14.8. The first-order valence-corrected chi connectivity index (χ1v) is 5.59. The van der Waals surface area contributed by atoms with E-state index >= 15 is 0 Å². The first-order chi connectivity index (χ1) is 8.66. The number of hydrogen-bond acceptors (Lipinski definition) is 4. The number of nitrogens with one attached hydrogen (secondary N) is 1. The number of amides is 1. The molecule has 0 saturated heterocycles. The fourth-order valence-corrected chi connectivity index (χ4v) is 1.76. The molecule has 0 aromatic carbocycles. The van der Waals surface area contributed by atoms with Crippen LogP contribution in [0.15, 0.2) is 10.5 Å². The van der Waals surface area contributed by atoms with Crippen LogP contribution in [-0.4, -0.2) is 24.0 Å². The van der Waals surface area contributed by atoms with E-state index in [1.165, 1.54) is 0 Å². The van der Waals surface area contributed by atoms with Crippen LogP contribution in [0.1, 0.15) is 23.0 Å². The zero-order valence-electron chi connectivity index (χ0n) is 9.76. The number of rotatable bonds is 2. The van der Waals surface area contributed by atoms with E-state index in [9.17, 15) is 22.8 Å². The van der Waals surface area contributed by atoms with E-state index in [2.05, 4.69) is 31.0 Å². The molecule has 0 fully saturated rings. The van der Waals surface area contributed by atoms with Crippen LogP contribution in [0.4, 0.5) is 19.0 Å². The van der Waals surface area contributed by atoms with Gasteiger partial charge in [-0.3, -0.25) is 4.79 Å². The molecule has 1 aromatic rings. The van der Waals surface area contributed by atoms with Gasteiger partial charge in [0.05, 0.1) is 7.11 Å². The van der Waals surface area contributed by atoms with Crippen molar-refractivity contribution < 1.29 is 27.5 Å². The predicted octanol–water partition coefficient (Wildman–Crippen LogP) is 2.61. The van der Waals surface area contributed by atoms with Gasteiger partial charge in [0.2, 0.25) is 5.91 Å². The van der Waals surface area contributed by atoms with Crippen molar-refractivity contribution in [1.29, 1.82) is 0 Å². The van der Waals surface area contributed by atoms with Crippen molar-refractivity contribution in [3.8, 4) is 0 Å². The Balaban J connectivity index is 3.45. The number of anilines is 1. The molecule has 0 saturated carbocycles. The normalized spacial score (nSPS) is 11.1. The van der Waals surface area contributed by atoms with Crippen molar-refractivity contribution in [2.24, 2.45) is 0 Å². The summed E-state index contributed by atoms with van der Waals surface area (Å²) in [6.45, 7) is 1.08. The number of methoxy groups -OCH3 is 1. The molecule has 0 bridgehead atoms. The minimum Gasteiger partial charge on any atom is -0.465 e. The van der Waals surface area contributed by atoms with Crippen molar-refractivity contribution in [3.63, 3.8) is 0 Å². The number of aromatic nitrogens is 1. The van der Waals surface area contributed by atoms with E-state index < -0.39 is 34.0 Å². The Hall–Kier alpha value is -1.64. The van der Waals surface area contributed by atoms with Gasteiger partial charge in [-0.15, -0.1) is 0 Å². The summed E-state index contributed by atoms with van der Waals surface area (Å²) in [5, 5.41) is 2.06. The second-order valence-corrected chi connectivity index (χ2v) is 4.24. The first kappa shape index (κ1) is 15.4. The molecule has 1 heterocycles. The SMILES string of the molecule is COC(=O)c1cc(Br)c(C(F)(F)F)nc1NC(C)=O. The maximum atomic E-state index is 12.7. The average Bonchev–Trinajstić information content (AvgIpc) is 2.27. The fraction of sp³-hybridized carbons (Fsp3) is 0.300. The van der Waals surface area contributed by atoms with E-state index in [-0.39, 0.29) is 5.56 Å². The van der Waals surface area contributed by atoms with Crippen LogP contribution in [0, 0.1) is 0 Å². The molecule has 1 N–H and O–H groups in total. The number of esters is 1. The van der Waals surface area contributed by atoms with Crippen LogP contribution < -0.4 is 5.32 Å². The highest BCUT2D eigenvalue weighted by molar-refractivity contribution is 9.10.